The van der Waals surface area contributed by atoms with Crippen molar-refractivity contribution < 1.29 is 28.6 Å². The van der Waals surface area contributed by atoms with Gasteiger partial charge < -0.3 is 14.2 Å². The van der Waals surface area contributed by atoms with Gasteiger partial charge in [0.25, 0.3) is 0 Å². The molecular formula is C77H140O6. The zero-order valence-electron chi connectivity index (χ0n) is 55.7. The number of esters is 3. The summed E-state index contributed by atoms with van der Waals surface area (Å²) in [6, 6.07) is 0. The van der Waals surface area contributed by atoms with Gasteiger partial charge in [0, 0.05) is 19.3 Å². The second-order valence-electron chi connectivity index (χ2n) is 24.9. The Morgan fingerprint density at radius 3 is 0.699 bits per heavy atom. The number of allylic oxidation sites excluding steroid dienone is 10. The van der Waals surface area contributed by atoms with E-state index in [0.29, 0.717) is 19.3 Å². The third-order valence-electron chi connectivity index (χ3n) is 16.5. The molecule has 0 spiro atoms. The lowest BCUT2D eigenvalue weighted by atomic mass is 10.0. The van der Waals surface area contributed by atoms with Crippen molar-refractivity contribution in [2.75, 3.05) is 13.2 Å². The fourth-order valence-corrected chi connectivity index (χ4v) is 11.0. The molecule has 0 bridgehead atoms. The topological polar surface area (TPSA) is 78.9 Å². The first-order valence-electron chi connectivity index (χ1n) is 36.8. The zero-order chi connectivity index (χ0) is 59.9. The summed E-state index contributed by atoms with van der Waals surface area (Å²) >= 11 is 0. The van der Waals surface area contributed by atoms with Crippen LogP contribution < -0.4 is 0 Å². The van der Waals surface area contributed by atoms with E-state index >= 15 is 0 Å². The average molecular weight is 1160 g/mol. The molecule has 0 amide bonds. The fourth-order valence-electron chi connectivity index (χ4n) is 11.0. The van der Waals surface area contributed by atoms with Crippen molar-refractivity contribution in [2.24, 2.45) is 0 Å². The van der Waals surface area contributed by atoms with Crippen molar-refractivity contribution in [1.29, 1.82) is 0 Å². The minimum Gasteiger partial charge on any atom is -0.462 e. The Morgan fingerprint density at radius 2 is 0.434 bits per heavy atom. The van der Waals surface area contributed by atoms with Crippen LogP contribution in [0, 0.1) is 0 Å². The first-order chi connectivity index (χ1) is 41.0. The minimum atomic E-state index is -0.775. The third kappa shape index (κ3) is 69.8. The Bertz CT molecular complexity index is 1470. The molecule has 6 nitrogen and oxygen atoms in total. The van der Waals surface area contributed by atoms with Crippen LogP contribution in [0.25, 0.3) is 0 Å². The Kier molecular flexibility index (Phi) is 69.1. The molecule has 0 aliphatic rings. The van der Waals surface area contributed by atoms with Crippen molar-refractivity contribution in [2.45, 2.75) is 399 Å². The molecule has 1 atom stereocenters. The van der Waals surface area contributed by atoms with Crippen LogP contribution in [-0.2, 0) is 28.6 Å². The second-order valence-corrected chi connectivity index (χ2v) is 24.9. The van der Waals surface area contributed by atoms with Crippen molar-refractivity contribution in [1.82, 2.24) is 0 Å². The zero-order valence-corrected chi connectivity index (χ0v) is 55.7. The Morgan fingerprint density at radius 1 is 0.241 bits per heavy atom. The maximum atomic E-state index is 13.0. The molecule has 0 aliphatic carbocycles. The lowest BCUT2D eigenvalue weighted by Crippen LogP contribution is -2.30. The SMILES string of the molecule is CCCCC/C=C\C/C=C\CCCCCCCCCCCC(=O)OC(COC(=O)CCCCCCCCCCCCCCCCC)COC(=O)CCCCCCCCCCCCCCCCCC/C=C\C/C=C\C/C=C\CCCCCCC. The molecule has 0 aromatic heterocycles. The highest BCUT2D eigenvalue weighted by atomic mass is 16.6. The highest BCUT2D eigenvalue weighted by molar-refractivity contribution is 5.71. The van der Waals surface area contributed by atoms with Crippen LogP contribution in [0.5, 0.6) is 0 Å². The molecule has 1 unspecified atom stereocenters. The monoisotopic (exact) mass is 1160 g/mol. The van der Waals surface area contributed by atoms with Crippen LogP contribution in [0.15, 0.2) is 60.8 Å². The first-order valence-corrected chi connectivity index (χ1v) is 36.8. The van der Waals surface area contributed by atoms with Gasteiger partial charge in [-0.1, -0.05) is 345 Å². The van der Waals surface area contributed by atoms with Crippen LogP contribution in [-0.4, -0.2) is 37.2 Å². The highest BCUT2D eigenvalue weighted by Gasteiger charge is 2.19. The number of ether oxygens (including phenoxy) is 3. The first kappa shape index (κ1) is 80.1. The van der Waals surface area contributed by atoms with Gasteiger partial charge in [-0.2, -0.15) is 0 Å². The van der Waals surface area contributed by atoms with Crippen molar-refractivity contribution in [3.63, 3.8) is 0 Å². The van der Waals surface area contributed by atoms with Crippen LogP contribution in [0.4, 0.5) is 0 Å². The number of hydrogen-bond donors (Lipinski definition) is 0. The molecule has 0 heterocycles. The van der Waals surface area contributed by atoms with Gasteiger partial charge in [-0.15, -0.1) is 0 Å². The normalized spacial score (nSPS) is 12.4. The second kappa shape index (κ2) is 71.6. The fraction of sp³-hybridized carbons (Fsp3) is 0.831. The van der Waals surface area contributed by atoms with Crippen LogP contribution in [0.3, 0.4) is 0 Å². The minimum absolute atomic E-state index is 0.0705. The maximum Gasteiger partial charge on any atom is 0.306 e. The predicted octanol–water partition coefficient (Wildman–Crippen LogP) is 25.5. The van der Waals surface area contributed by atoms with Crippen molar-refractivity contribution in [3.05, 3.63) is 60.8 Å². The van der Waals surface area contributed by atoms with Gasteiger partial charge >= 0.3 is 17.9 Å². The largest absolute Gasteiger partial charge is 0.462 e. The van der Waals surface area contributed by atoms with Crippen LogP contribution in [0.2, 0.25) is 0 Å². The predicted molar refractivity (Wildman–Crippen MR) is 362 cm³/mol. The summed E-state index contributed by atoms with van der Waals surface area (Å²) in [5.41, 5.74) is 0. The number of unbranched alkanes of at least 4 members (excludes halogenated alkanes) is 47. The molecule has 0 saturated carbocycles. The summed E-state index contributed by atoms with van der Waals surface area (Å²) in [5, 5.41) is 0. The van der Waals surface area contributed by atoms with Gasteiger partial charge in [0.15, 0.2) is 6.10 Å². The van der Waals surface area contributed by atoms with E-state index in [1.807, 2.05) is 0 Å². The summed E-state index contributed by atoms with van der Waals surface area (Å²) in [5.74, 6) is -0.848. The molecule has 0 fully saturated rings. The molecule has 6 heteroatoms. The van der Waals surface area contributed by atoms with E-state index in [-0.39, 0.29) is 31.1 Å². The number of rotatable bonds is 68. The molecule has 0 aliphatic heterocycles. The Balaban J connectivity index is 4.22. The van der Waals surface area contributed by atoms with E-state index in [9.17, 15) is 14.4 Å². The van der Waals surface area contributed by atoms with Gasteiger partial charge in [0.2, 0.25) is 0 Å². The number of carbonyl (C=O) groups is 3. The molecule has 0 aromatic carbocycles. The average Bonchev–Trinajstić information content (AvgIpc) is 3.49. The van der Waals surface area contributed by atoms with Gasteiger partial charge in [0.05, 0.1) is 0 Å². The van der Waals surface area contributed by atoms with E-state index in [2.05, 4.69) is 81.5 Å². The van der Waals surface area contributed by atoms with Crippen LogP contribution >= 0.6 is 0 Å². The van der Waals surface area contributed by atoms with Gasteiger partial charge in [-0.25, -0.2) is 0 Å². The summed E-state index contributed by atoms with van der Waals surface area (Å²) in [7, 11) is 0. The number of carbonyl (C=O) groups excluding carboxylic acids is 3. The summed E-state index contributed by atoms with van der Waals surface area (Å²) in [6.45, 7) is 6.67. The smallest absolute Gasteiger partial charge is 0.306 e. The number of hydrogen-bond acceptors (Lipinski definition) is 6. The molecular weight excluding hydrogens is 1020 g/mol. The van der Waals surface area contributed by atoms with E-state index in [0.717, 1.165) is 77.0 Å². The highest BCUT2D eigenvalue weighted by Crippen LogP contribution is 2.18. The van der Waals surface area contributed by atoms with Crippen molar-refractivity contribution in [3.8, 4) is 0 Å². The van der Waals surface area contributed by atoms with E-state index in [1.165, 1.54) is 276 Å². The van der Waals surface area contributed by atoms with E-state index < -0.39 is 6.10 Å². The molecule has 0 saturated heterocycles. The molecule has 0 aromatic rings. The molecule has 0 radical (unpaired) electrons. The Hall–Kier alpha value is -2.89. The molecule has 83 heavy (non-hydrogen) atoms. The molecule has 0 N–H and O–H groups in total. The van der Waals surface area contributed by atoms with E-state index in [4.69, 9.17) is 14.2 Å². The lowest BCUT2D eigenvalue weighted by Gasteiger charge is -2.18. The van der Waals surface area contributed by atoms with Gasteiger partial charge in [0.1, 0.15) is 13.2 Å². The molecule has 0 rings (SSSR count). The van der Waals surface area contributed by atoms with Gasteiger partial charge in [-0.3, -0.25) is 14.4 Å². The summed E-state index contributed by atoms with van der Waals surface area (Å²) < 4.78 is 17.0. The lowest BCUT2D eigenvalue weighted by molar-refractivity contribution is -0.167. The van der Waals surface area contributed by atoms with E-state index in [1.54, 1.807) is 0 Å². The van der Waals surface area contributed by atoms with Crippen molar-refractivity contribution >= 4 is 17.9 Å². The Labute approximate surface area is 517 Å². The third-order valence-corrected chi connectivity index (χ3v) is 16.5. The quantitative estimate of drug-likeness (QED) is 0.0261. The summed E-state index contributed by atoms with van der Waals surface area (Å²) in [6.07, 6.45) is 92.5. The summed E-state index contributed by atoms with van der Waals surface area (Å²) in [4.78, 5) is 38.5. The van der Waals surface area contributed by atoms with Crippen LogP contribution in [0.1, 0.15) is 393 Å². The maximum absolute atomic E-state index is 13.0. The van der Waals surface area contributed by atoms with Gasteiger partial charge in [-0.05, 0) is 89.9 Å². The standard InChI is InChI=1S/C77H140O6/c1-4-7-10-13-16-19-22-25-28-30-32-33-34-35-36-37-38-39-40-41-42-43-45-46-49-52-55-58-61-64-67-70-76(79)82-73-74(72-81-75(78)69-66-63-60-57-54-51-48-27-24-21-18-15-12-9-6-3)83-77(80)71-68-65-62-59-56-53-50-47-44-31-29-26-23-20-17-14-11-8-5-2/h17,20,22,25-26,29-30,32,34-35,74H,4-16,18-19,21,23-24,27-28,31,33,36-73H2,1-3H3/b20-17-,25-22-,29-26-,32-30-,35-34-. The molecule has 484 valence electrons.